The lowest BCUT2D eigenvalue weighted by Crippen LogP contribution is -1.90. The van der Waals surface area contributed by atoms with Crippen LogP contribution in [0.2, 0.25) is 5.02 Å². The lowest BCUT2D eigenvalue weighted by molar-refractivity contribution is 0.610. The Kier molecular flexibility index (Phi) is 1.59. The number of nitrogens with one attached hydrogen (secondary N) is 1. The first kappa shape index (κ1) is 7.07. The lowest BCUT2D eigenvalue weighted by atomic mass is 10.1. The van der Waals surface area contributed by atoms with Crippen molar-refractivity contribution >= 4 is 11.6 Å². The molecule has 3 heteroatoms. The molecule has 11 heavy (non-hydrogen) atoms. The SMILES string of the molecule is Fc1cccc(Cl)c1C1CN1. The molecule has 0 bridgehead atoms. The Hall–Kier alpha value is -0.600. The summed E-state index contributed by atoms with van der Waals surface area (Å²) in [5.41, 5.74) is 0.606. The van der Waals surface area contributed by atoms with Gasteiger partial charge in [0.25, 0.3) is 0 Å². The Morgan fingerprint density at radius 1 is 1.55 bits per heavy atom. The van der Waals surface area contributed by atoms with Crippen molar-refractivity contribution < 1.29 is 4.39 Å². The molecule has 0 radical (unpaired) electrons. The molecular formula is C8H7ClFN. The van der Waals surface area contributed by atoms with Crippen LogP contribution in [0.15, 0.2) is 18.2 Å². The zero-order chi connectivity index (χ0) is 7.84. The first-order chi connectivity index (χ1) is 5.29. The number of benzene rings is 1. The second-order valence-corrected chi connectivity index (χ2v) is 3.00. The zero-order valence-electron chi connectivity index (χ0n) is 5.77. The fraction of sp³-hybridized carbons (Fsp3) is 0.250. The van der Waals surface area contributed by atoms with E-state index in [1.54, 1.807) is 12.1 Å². The summed E-state index contributed by atoms with van der Waals surface area (Å²) < 4.78 is 13.0. The van der Waals surface area contributed by atoms with Crippen LogP contribution in [0.3, 0.4) is 0 Å². The minimum absolute atomic E-state index is 0.142. The molecule has 0 aromatic heterocycles. The Morgan fingerprint density at radius 2 is 2.27 bits per heavy atom. The van der Waals surface area contributed by atoms with Crippen LogP contribution in [0, 0.1) is 5.82 Å². The molecule has 1 aliphatic rings. The summed E-state index contributed by atoms with van der Waals surface area (Å²) in [5, 5.41) is 3.52. The second-order valence-electron chi connectivity index (χ2n) is 2.60. The van der Waals surface area contributed by atoms with Gasteiger partial charge in [0, 0.05) is 23.2 Å². The van der Waals surface area contributed by atoms with Gasteiger partial charge in [-0.2, -0.15) is 0 Å². The van der Waals surface area contributed by atoms with Gasteiger partial charge in [-0.3, -0.25) is 0 Å². The van der Waals surface area contributed by atoms with E-state index >= 15 is 0 Å². The summed E-state index contributed by atoms with van der Waals surface area (Å²) in [6.45, 7) is 0.834. The zero-order valence-corrected chi connectivity index (χ0v) is 6.53. The predicted molar refractivity (Wildman–Crippen MR) is 42.2 cm³/mol. The van der Waals surface area contributed by atoms with E-state index in [2.05, 4.69) is 5.32 Å². The topological polar surface area (TPSA) is 21.9 Å². The van der Waals surface area contributed by atoms with Crippen molar-refractivity contribution in [2.75, 3.05) is 6.54 Å². The summed E-state index contributed by atoms with van der Waals surface area (Å²) in [5.74, 6) is -0.215. The number of hydrogen-bond acceptors (Lipinski definition) is 1. The Labute approximate surface area is 69.2 Å². The number of hydrogen-bond donors (Lipinski definition) is 1. The molecule has 0 amide bonds. The molecule has 1 fully saturated rings. The van der Waals surface area contributed by atoms with Crippen LogP contribution in [0.25, 0.3) is 0 Å². The maximum absolute atomic E-state index is 13.0. The van der Waals surface area contributed by atoms with Gasteiger partial charge in [0.2, 0.25) is 0 Å². The first-order valence-corrected chi connectivity index (χ1v) is 3.84. The summed E-state index contributed by atoms with van der Waals surface area (Å²) in [6.07, 6.45) is 0. The maximum Gasteiger partial charge on any atom is 0.129 e. The minimum atomic E-state index is -0.215. The van der Waals surface area contributed by atoms with E-state index in [4.69, 9.17) is 11.6 Å². The molecule has 1 aliphatic heterocycles. The Balaban J connectivity index is 2.48. The summed E-state index contributed by atoms with van der Waals surface area (Å²) in [7, 11) is 0. The van der Waals surface area contributed by atoms with Crippen LogP contribution in [-0.4, -0.2) is 6.54 Å². The van der Waals surface area contributed by atoms with Gasteiger partial charge in [0.1, 0.15) is 5.82 Å². The lowest BCUT2D eigenvalue weighted by Gasteiger charge is -2.00. The average molecular weight is 172 g/mol. The van der Waals surface area contributed by atoms with E-state index in [1.807, 2.05) is 0 Å². The molecule has 1 aromatic rings. The van der Waals surface area contributed by atoms with Crippen LogP contribution < -0.4 is 5.32 Å². The monoisotopic (exact) mass is 171 g/mol. The van der Waals surface area contributed by atoms with Gasteiger partial charge < -0.3 is 5.32 Å². The van der Waals surface area contributed by atoms with Crippen molar-refractivity contribution in [1.82, 2.24) is 5.32 Å². The van der Waals surface area contributed by atoms with Crippen LogP contribution in [0.1, 0.15) is 11.6 Å². The molecule has 2 rings (SSSR count). The highest BCUT2D eigenvalue weighted by molar-refractivity contribution is 6.31. The molecule has 1 unspecified atom stereocenters. The van der Waals surface area contributed by atoms with Crippen LogP contribution in [0.4, 0.5) is 4.39 Å². The largest absolute Gasteiger partial charge is 0.307 e. The van der Waals surface area contributed by atoms with Gasteiger partial charge >= 0.3 is 0 Å². The van der Waals surface area contributed by atoms with Crippen molar-refractivity contribution in [1.29, 1.82) is 0 Å². The standard InChI is InChI=1S/C8H7ClFN/c9-5-2-1-3-6(10)8(5)7-4-11-7/h1-3,7,11H,4H2. The molecular weight excluding hydrogens is 165 g/mol. The molecule has 0 spiro atoms. The van der Waals surface area contributed by atoms with E-state index < -0.39 is 0 Å². The van der Waals surface area contributed by atoms with Gasteiger partial charge in [-0.05, 0) is 12.1 Å². The van der Waals surface area contributed by atoms with E-state index in [9.17, 15) is 4.39 Å². The van der Waals surface area contributed by atoms with E-state index in [0.717, 1.165) is 6.54 Å². The van der Waals surface area contributed by atoms with Crippen molar-refractivity contribution in [2.24, 2.45) is 0 Å². The summed E-state index contributed by atoms with van der Waals surface area (Å²) >= 11 is 5.78. The van der Waals surface area contributed by atoms with Crippen molar-refractivity contribution in [2.45, 2.75) is 6.04 Å². The van der Waals surface area contributed by atoms with Gasteiger partial charge in [-0.15, -0.1) is 0 Å². The Morgan fingerprint density at radius 3 is 2.82 bits per heavy atom. The van der Waals surface area contributed by atoms with Gasteiger partial charge in [-0.25, -0.2) is 4.39 Å². The third-order valence-electron chi connectivity index (χ3n) is 1.76. The van der Waals surface area contributed by atoms with Crippen molar-refractivity contribution in [3.05, 3.63) is 34.6 Å². The molecule has 1 heterocycles. The molecule has 1 N–H and O–H groups in total. The van der Waals surface area contributed by atoms with E-state index in [0.29, 0.717) is 10.6 Å². The fourth-order valence-electron chi connectivity index (χ4n) is 1.11. The third kappa shape index (κ3) is 1.24. The quantitative estimate of drug-likeness (QED) is 0.643. The normalized spacial score (nSPS) is 21.8. The first-order valence-electron chi connectivity index (χ1n) is 3.46. The van der Waals surface area contributed by atoms with Crippen molar-refractivity contribution in [3.8, 4) is 0 Å². The van der Waals surface area contributed by atoms with Gasteiger partial charge in [0.15, 0.2) is 0 Å². The molecule has 1 saturated heterocycles. The van der Waals surface area contributed by atoms with Gasteiger partial charge in [0.05, 0.1) is 0 Å². The molecule has 0 saturated carbocycles. The summed E-state index contributed by atoms with van der Waals surface area (Å²) in [6, 6.07) is 4.90. The molecule has 1 atom stereocenters. The molecule has 58 valence electrons. The molecule has 0 aliphatic carbocycles. The van der Waals surface area contributed by atoms with Crippen LogP contribution in [0.5, 0.6) is 0 Å². The summed E-state index contributed by atoms with van der Waals surface area (Å²) in [4.78, 5) is 0. The molecule has 1 nitrogen and oxygen atoms in total. The second kappa shape index (κ2) is 2.47. The highest BCUT2D eigenvalue weighted by atomic mass is 35.5. The van der Waals surface area contributed by atoms with Crippen LogP contribution in [-0.2, 0) is 0 Å². The number of halogens is 2. The maximum atomic E-state index is 13.0. The van der Waals surface area contributed by atoms with E-state index in [1.165, 1.54) is 6.07 Å². The van der Waals surface area contributed by atoms with Gasteiger partial charge in [-0.1, -0.05) is 17.7 Å². The third-order valence-corrected chi connectivity index (χ3v) is 2.09. The highest BCUT2D eigenvalue weighted by Crippen LogP contribution is 2.30. The van der Waals surface area contributed by atoms with E-state index in [-0.39, 0.29) is 11.9 Å². The van der Waals surface area contributed by atoms with Crippen LogP contribution >= 0.6 is 11.6 Å². The minimum Gasteiger partial charge on any atom is -0.307 e. The van der Waals surface area contributed by atoms with Crippen molar-refractivity contribution in [3.63, 3.8) is 0 Å². The Bertz CT molecular complexity index is 263. The molecule has 1 aromatic carbocycles. The fourth-order valence-corrected chi connectivity index (χ4v) is 1.40. The average Bonchev–Trinajstić information content (AvgIpc) is 2.70. The number of rotatable bonds is 1. The predicted octanol–water partition coefficient (Wildman–Crippen LogP) is 2.12. The highest BCUT2D eigenvalue weighted by Gasteiger charge is 2.27. The smallest absolute Gasteiger partial charge is 0.129 e.